The van der Waals surface area contributed by atoms with E-state index in [0.29, 0.717) is 10.9 Å². The van der Waals surface area contributed by atoms with Crippen LogP contribution in [0.15, 0.2) is 22.7 Å². The zero-order valence-electron chi connectivity index (χ0n) is 9.07. The number of nitrogens with one attached hydrogen (secondary N) is 1. The molecule has 2 nitrogen and oxygen atoms in total. The molecule has 0 radical (unpaired) electrons. The van der Waals surface area contributed by atoms with Crippen LogP contribution in [0.4, 0.5) is 18.9 Å². The first-order valence-electron chi connectivity index (χ1n) is 5.01. The molecule has 1 aromatic rings. The van der Waals surface area contributed by atoms with Crippen LogP contribution in [-0.2, 0) is 11.0 Å². The number of benzene rings is 1. The van der Waals surface area contributed by atoms with E-state index in [1.807, 2.05) is 6.92 Å². The van der Waals surface area contributed by atoms with Crippen molar-refractivity contribution in [2.75, 3.05) is 5.32 Å². The van der Waals surface area contributed by atoms with Gasteiger partial charge in [-0.25, -0.2) is 0 Å². The highest BCUT2D eigenvalue weighted by Crippen LogP contribution is 2.33. The molecule has 0 saturated carbocycles. The summed E-state index contributed by atoms with van der Waals surface area (Å²) in [7, 11) is 0. The Kier molecular flexibility index (Phi) is 4.56. The van der Waals surface area contributed by atoms with Crippen LogP contribution in [0, 0.1) is 0 Å². The molecule has 94 valence electrons. The molecule has 0 spiro atoms. The highest BCUT2D eigenvalue weighted by molar-refractivity contribution is 9.10. The van der Waals surface area contributed by atoms with E-state index in [-0.39, 0.29) is 18.0 Å². The Hall–Kier alpha value is -1.04. The van der Waals surface area contributed by atoms with Gasteiger partial charge in [0.15, 0.2) is 0 Å². The van der Waals surface area contributed by atoms with Crippen LogP contribution in [0.25, 0.3) is 0 Å². The van der Waals surface area contributed by atoms with Crippen molar-refractivity contribution >= 4 is 27.5 Å². The van der Waals surface area contributed by atoms with Crippen LogP contribution < -0.4 is 5.32 Å². The fraction of sp³-hybridized carbons (Fsp3) is 0.364. The molecule has 6 heteroatoms. The third kappa shape index (κ3) is 4.03. The van der Waals surface area contributed by atoms with Crippen LogP contribution in [0.1, 0.15) is 25.3 Å². The maximum atomic E-state index is 12.5. The number of rotatable bonds is 3. The number of anilines is 1. The van der Waals surface area contributed by atoms with Crippen molar-refractivity contribution in [1.29, 1.82) is 0 Å². The van der Waals surface area contributed by atoms with Crippen molar-refractivity contribution in [2.45, 2.75) is 25.9 Å². The van der Waals surface area contributed by atoms with E-state index in [2.05, 4.69) is 21.2 Å². The van der Waals surface area contributed by atoms with Gasteiger partial charge in [-0.2, -0.15) is 13.2 Å². The Morgan fingerprint density at radius 2 is 2.06 bits per heavy atom. The van der Waals surface area contributed by atoms with Crippen LogP contribution in [0.2, 0.25) is 0 Å². The average Bonchev–Trinajstić information content (AvgIpc) is 2.20. The number of carbonyl (C=O) groups excluding carboxylic acids is 1. The molecule has 17 heavy (non-hydrogen) atoms. The third-order valence-corrected chi connectivity index (χ3v) is 2.74. The van der Waals surface area contributed by atoms with E-state index in [4.69, 9.17) is 0 Å². The van der Waals surface area contributed by atoms with E-state index in [9.17, 15) is 18.0 Å². The van der Waals surface area contributed by atoms with Crippen molar-refractivity contribution < 1.29 is 18.0 Å². The van der Waals surface area contributed by atoms with E-state index in [1.165, 1.54) is 6.07 Å². The lowest BCUT2D eigenvalue weighted by Gasteiger charge is -2.11. The largest absolute Gasteiger partial charge is 0.416 e. The summed E-state index contributed by atoms with van der Waals surface area (Å²) >= 11 is 3.09. The molecule has 0 unspecified atom stereocenters. The predicted molar refractivity (Wildman–Crippen MR) is 62.7 cm³/mol. The SMILES string of the molecule is CCCC(=O)Nc1cc(C(F)(F)F)ccc1Br. The molecule has 0 saturated heterocycles. The second kappa shape index (κ2) is 5.53. The lowest BCUT2D eigenvalue weighted by atomic mass is 10.2. The third-order valence-electron chi connectivity index (χ3n) is 2.04. The maximum Gasteiger partial charge on any atom is 0.416 e. The van der Waals surface area contributed by atoms with Crippen molar-refractivity contribution in [3.05, 3.63) is 28.2 Å². The van der Waals surface area contributed by atoms with Gasteiger partial charge < -0.3 is 5.32 Å². The van der Waals surface area contributed by atoms with Crippen LogP contribution >= 0.6 is 15.9 Å². The summed E-state index contributed by atoms with van der Waals surface area (Å²) in [5.74, 6) is -0.299. The highest BCUT2D eigenvalue weighted by atomic mass is 79.9. The first-order valence-corrected chi connectivity index (χ1v) is 5.80. The van der Waals surface area contributed by atoms with Crippen molar-refractivity contribution in [3.63, 3.8) is 0 Å². The van der Waals surface area contributed by atoms with Crippen LogP contribution in [0.3, 0.4) is 0 Å². The first kappa shape index (κ1) is 14.0. The smallest absolute Gasteiger partial charge is 0.325 e. The minimum Gasteiger partial charge on any atom is -0.325 e. The molecule has 1 N–H and O–H groups in total. The standard InChI is InChI=1S/C11H11BrF3NO/c1-2-3-10(17)16-9-6-7(11(13,14)15)4-5-8(9)12/h4-6H,2-3H2,1H3,(H,16,17). The molecule has 0 bridgehead atoms. The zero-order valence-corrected chi connectivity index (χ0v) is 10.7. The number of halogens is 4. The summed E-state index contributed by atoms with van der Waals surface area (Å²) in [6.07, 6.45) is -3.49. The predicted octanol–water partition coefficient (Wildman–Crippen LogP) is 4.21. The van der Waals surface area contributed by atoms with Gasteiger partial charge in [0.1, 0.15) is 0 Å². The Morgan fingerprint density at radius 3 is 2.59 bits per heavy atom. The molecule has 1 aromatic carbocycles. The lowest BCUT2D eigenvalue weighted by molar-refractivity contribution is -0.137. The van der Waals surface area contributed by atoms with Gasteiger partial charge in [-0.3, -0.25) is 4.79 Å². The van der Waals surface area contributed by atoms with Gasteiger partial charge in [-0.05, 0) is 40.5 Å². The molecule has 1 amide bonds. The quantitative estimate of drug-likeness (QED) is 0.890. The van der Waals surface area contributed by atoms with Gasteiger partial charge in [0.05, 0.1) is 11.3 Å². The summed E-state index contributed by atoms with van der Waals surface area (Å²) in [5, 5.41) is 2.44. The van der Waals surface area contributed by atoms with E-state index in [1.54, 1.807) is 0 Å². The summed E-state index contributed by atoms with van der Waals surface area (Å²) in [4.78, 5) is 11.3. The molecular formula is C11H11BrF3NO. The molecule has 0 atom stereocenters. The van der Waals surface area contributed by atoms with Gasteiger partial charge in [0, 0.05) is 10.9 Å². The van der Waals surface area contributed by atoms with E-state index in [0.717, 1.165) is 12.1 Å². The van der Waals surface area contributed by atoms with E-state index < -0.39 is 11.7 Å². The lowest BCUT2D eigenvalue weighted by Crippen LogP contribution is -2.12. The monoisotopic (exact) mass is 309 g/mol. The minimum atomic E-state index is -4.41. The normalized spacial score (nSPS) is 11.4. The number of carbonyl (C=O) groups is 1. The summed E-state index contributed by atoms with van der Waals surface area (Å²) in [6, 6.07) is 3.14. The molecule has 0 aliphatic heterocycles. The van der Waals surface area contributed by atoms with Gasteiger partial charge in [-0.15, -0.1) is 0 Å². The van der Waals surface area contributed by atoms with Gasteiger partial charge in [0.2, 0.25) is 5.91 Å². The number of alkyl halides is 3. The molecule has 0 aliphatic carbocycles. The van der Waals surface area contributed by atoms with Crippen molar-refractivity contribution in [3.8, 4) is 0 Å². The Bertz CT molecular complexity index is 418. The molecule has 0 aromatic heterocycles. The maximum absolute atomic E-state index is 12.5. The molecule has 0 heterocycles. The topological polar surface area (TPSA) is 29.1 Å². The van der Waals surface area contributed by atoms with E-state index >= 15 is 0 Å². The van der Waals surface area contributed by atoms with Gasteiger partial charge >= 0.3 is 6.18 Å². The summed E-state index contributed by atoms with van der Waals surface area (Å²) in [6.45, 7) is 1.82. The fourth-order valence-corrected chi connectivity index (χ4v) is 1.58. The van der Waals surface area contributed by atoms with Crippen LogP contribution in [-0.4, -0.2) is 5.91 Å². The number of hydrogen-bond donors (Lipinski definition) is 1. The molecule has 1 rings (SSSR count). The summed E-state index contributed by atoms with van der Waals surface area (Å²) in [5.41, 5.74) is -0.647. The second-order valence-electron chi connectivity index (χ2n) is 3.49. The average molecular weight is 310 g/mol. The van der Waals surface area contributed by atoms with Gasteiger partial charge in [-0.1, -0.05) is 6.92 Å². The zero-order chi connectivity index (χ0) is 13.1. The first-order chi connectivity index (χ1) is 7.84. The Morgan fingerprint density at radius 1 is 1.41 bits per heavy atom. The van der Waals surface area contributed by atoms with Crippen molar-refractivity contribution in [1.82, 2.24) is 0 Å². The second-order valence-corrected chi connectivity index (χ2v) is 4.34. The Balaban J connectivity index is 2.95. The number of hydrogen-bond acceptors (Lipinski definition) is 1. The molecule has 0 fully saturated rings. The fourth-order valence-electron chi connectivity index (χ4n) is 1.24. The highest BCUT2D eigenvalue weighted by Gasteiger charge is 2.31. The summed E-state index contributed by atoms with van der Waals surface area (Å²) < 4.78 is 37.8. The molecular weight excluding hydrogens is 299 g/mol. The van der Waals surface area contributed by atoms with Crippen molar-refractivity contribution in [2.24, 2.45) is 0 Å². The van der Waals surface area contributed by atoms with Gasteiger partial charge in [0.25, 0.3) is 0 Å². The molecule has 0 aliphatic rings. The Labute approximate surface area is 105 Å². The minimum absolute atomic E-state index is 0.137. The number of amides is 1. The van der Waals surface area contributed by atoms with Crippen LogP contribution in [0.5, 0.6) is 0 Å².